The summed E-state index contributed by atoms with van der Waals surface area (Å²) >= 11 is 3.15. The lowest BCUT2D eigenvalue weighted by Crippen LogP contribution is -2.31. The largest absolute Gasteiger partial charge is 0.444 e. The summed E-state index contributed by atoms with van der Waals surface area (Å²) in [5.41, 5.74) is 1.12. The van der Waals surface area contributed by atoms with E-state index >= 15 is 0 Å². The van der Waals surface area contributed by atoms with Crippen molar-refractivity contribution in [2.45, 2.75) is 18.9 Å². The first-order valence-corrected chi connectivity index (χ1v) is 8.47. The van der Waals surface area contributed by atoms with Gasteiger partial charge in [-0.2, -0.15) is 0 Å². The second-order valence-electron chi connectivity index (χ2n) is 5.48. The van der Waals surface area contributed by atoms with E-state index in [1.807, 2.05) is 0 Å². The van der Waals surface area contributed by atoms with E-state index < -0.39 is 0 Å². The highest BCUT2D eigenvalue weighted by molar-refractivity contribution is 9.10. The molecule has 1 aromatic heterocycles. The number of ether oxygens (including phenoxy) is 1. The van der Waals surface area contributed by atoms with Gasteiger partial charge in [0.05, 0.1) is 6.10 Å². The number of amides is 2. The van der Waals surface area contributed by atoms with Gasteiger partial charge < -0.3 is 19.8 Å². The molecule has 126 valence electrons. The van der Waals surface area contributed by atoms with Gasteiger partial charge in [-0.1, -0.05) is 0 Å². The Balaban J connectivity index is 1.54. The van der Waals surface area contributed by atoms with Gasteiger partial charge in [0.1, 0.15) is 0 Å². The normalized spacial score (nSPS) is 16.8. The highest BCUT2D eigenvalue weighted by Crippen LogP contribution is 2.17. The molecule has 1 unspecified atom stereocenters. The number of rotatable bonds is 5. The minimum absolute atomic E-state index is 0.111. The van der Waals surface area contributed by atoms with Gasteiger partial charge in [0, 0.05) is 24.4 Å². The monoisotopic (exact) mass is 392 g/mol. The number of anilines is 1. The van der Waals surface area contributed by atoms with E-state index in [-0.39, 0.29) is 23.7 Å². The van der Waals surface area contributed by atoms with Gasteiger partial charge in [-0.05, 0) is 65.2 Å². The molecular formula is C17H17BrN2O4. The fourth-order valence-electron chi connectivity index (χ4n) is 2.45. The smallest absolute Gasteiger partial charge is 0.291 e. The lowest BCUT2D eigenvalue weighted by atomic mass is 10.2. The molecular weight excluding hydrogens is 376 g/mol. The Labute approximate surface area is 147 Å². The van der Waals surface area contributed by atoms with Gasteiger partial charge in [-0.25, -0.2) is 0 Å². The van der Waals surface area contributed by atoms with Crippen LogP contribution in [-0.4, -0.2) is 31.1 Å². The van der Waals surface area contributed by atoms with Crippen LogP contribution < -0.4 is 10.6 Å². The van der Waals surface area contributed by atoms with Crippen molar-refractivity contribution in [2.24, 2.45) is 0 Å². The number of nitrogens with one attached hydrogen (secondary N) is 2. The van der Waals surface area contributed by atoms with Gasteiger partial charge in [-0.3, -0.25) is 9.59 Å². The highest BCUT2D eigenvalue weighted by Gasteiger charge is 2.17. The van der Waals surface area contributed by atoms with Gasteiger partial charge in [0.15, 0.2) is 10.4 Å². The molecule has 24 heavy (non-hydrogen) atoms. The summed E-state index contributed by atoms with van der Waals surface area (Å²) < 4.78 is 11.2. The maximum absolute atomic E-state index is 12.1. The maximum atomic E-state index is 12.1. The number of carbonyl (C=O) groups is 2. The summed E-state index contributed by atoms with van der Waals surface area (Å²) in [5.74, 6) is -0.296. The molecule has 1 saturated heterocycles. The van der Waals surface area contributed by atoms with Gasteiger partial charge >= 0.3 is 0 Å². The Morgan fingerprint density at radius 1 is 1.12 bits per heavy atom. The first-order valence-electron chi connectivity index (χ1n) is 7.68. The molecule has 1 aliphatic rings. The molecule has 1 aromatic carbocycles. The minimum Gasteiger partial charge on any atom is -0.444 e. The molecule has 0 bridgehead atoms. The number of carbonyl (C=O) groups excluding carboxylic acids is 2. The van der Waals surface area contributed by atoms with Crippen LogP contribution in [0.5, 0.6) is 0 Å². The molecule has 0 aliphatic carbocycles. The van der Waals surface area contributed by atoms with Crippen LogP contribution >= 0.6 is 15.9 Å². The molecule has 3 rings (SSSR count). The second-order valence-corrected chi connectivity index (χ2v) is 6.26. The molecule has 0 saturated carbocycles. The fraction of sp³-hybridized carbons (Fsp3) is 0.294. The first kappa shape index (κ1) is 16.7. The topological polar surface area (TPSA) is 80.6 Å². The predicted octanol–water partition coefficient (Wildman–Crippen LogP) is 3.20. The van der Waals surface area contributed by atoms with Crippen molar-refractivity contribution in [3.05, 3.63) is 52.4 Å². The first-order chi connectivity index (χ1) is 11.6. The molecule has 1 atom stereocenters. The molecule has 1 fully saturated rings. The van der Waals surface area contributed by atoms with Crippen LogP contribution in [0.25, 0.3) is 0 Å². The van der Waals surface area contributed by atoms with Crippen molar-refractivity contribution in [1.82, 2.24) is 5.32 Å². The number of hydrogen-bond acceptors (Lipinski definition) is 4. The van der Waals surface area contributed by atoms with Crippen molar-refractivity contribution in [3.63, 3.8) is 0 Å². The van der Waals surface area contributed by atoms with Crippen LogP contribution in [-0.2, 0) is 4.74 Å². The summed E-state index contributed by atoms with van der Waals surface area (Å²) in [7, 11) is 0. The van der Waals surface area contributed by atoms with E-state index in [0.717, 1.165) is 19.4 Å². The summed E-state index contributed by atoms with van der Waals surface area (Å²) in [6.45, 7) is 1.28. The van der Waals surface area contributed by atoms with E-state index in [2.05, 4.69) is 26.6 Å². The van der Waals surface area contributed by atoms with Crippen LogP contribution in [0.15, 0.2) is 45.5 Å². The van der Waals surface area contributed by atoms with Crippen LogP contribution in [0.4, 0.5) is 5.69 Å². The van der Waals surface area contributed by atoms with E-state index in [4.69, 9.17) is 9.15 Å². The fourth-order valence-corrected chi connectivity index (χ4v) is 2.75. The SMILES string of the molecule is O=C(NCC1CCCO1)c1ccc(NC(=O)c2ccc(Br)o2)cc1. The lowest BCUT2D eigenvalue weighted by molar-refractivity contribution is 0.0857. The Morgan fingerprint density at radius 3 is 2.54 bits per heavy atom. The van der Waals surface area contributed by atoms with Crippen molar-refractivity contribution in [3.8, 4) is 0 Å². The van der Waals surface area contributed by atoms with Crippen molar-refractivity contribution in [1.29, 1.82) is 0 Å². The zero-order valence-electron chi connectivity index (χ0n) is 12.9. The summed E-state index contributed by atoms with van der Waals surface area (Å²) in [6.07, 6.45) is 2.13. The molecule has 7 heteroatoms. The van der Waals surface area contributed by atoms with Crippen LogP contribution in [0.3, 0.4) is 0 Å². The van der Waals surface area contributed by atoms with E-state index in [9.17, 15) is 9.59 Å². The zero-order valence-corrected chi connectivity index (χ0v) is 14.5. The molecule has 1 aliphatic heterocycles. The van der Waals surface area contributed by atoms with E-state index in [1.165, 1.54) is 0 Å². The average molecular weight is 393 g/mol. The zero-order chi connectivity index (χ0) is 16.9. The maximum Gasteiger partial charge on any atom is 0.291 e. The second kappa shape index (κ2) is 7.63. The van der Waals surface area contributed by atoms with Gasteiger partial charge in [0.2, 0.25) is 0 Å². The molecule has 2 aromatic rings. The third-order valence-corrected chi connectivity index (χ3v) is 4.14. The van der Waals surface area contributed by atoms with Crippen molar-refractivity contribution >= 4 is 33.4 Å². The third-order valence-electron chi connectivity index (χ3n) is 3.72. The Bertz CT molecular complexity index is 720. The molecule has 0 spiro atoms. The van der Waals surface area contributed by atoms with E-state index in [1.54, 1.807) is 36.4 Å². The van der Waals surface area contributed by atoms with Crippen molar-refractivity contribution in [2.75, 3.05) is 18.5 Å². The highest BCUT2D eigenvalue weighted by atomic mass is 79.9. The minimum atomic E-state index is -0.351. The number of halogens is 1. The lowest BCUT2D eigenvalue weighted by Gasteiger charge is -2.11. The summed E-state index contributed by atoms with van der Waals surface area (Å²) in [4.78, 5) is 24.1. The molecule has 2 heterocycles. The van der Waals surface area contributed by atoms with Crippen LogP contribution in [0.1, 0.15) is 33.8 Å². The quantitative estimate of drug-likeness (QED) is 0.818. The number of benzene rings is 1. The Hall–Kier alpha value is -2.12. The summed E-state index contributed by atoms with van der Waals surface area (Å²) in [5, 5.41) is 5.57. The van der Waals surface area contributed by atoms with Gasteiger partial charge in [-0.15, -0.1) is 0 Å². The van der Waals surface area contributed by atoms with Crippen LogP contribution in [0, 0.1) is 0 Å². The Kier molecular flexibility index (Phi) is 5.32. The van der Waals surface area contributed by atoms with Gasteiger partial charge in [0.25, 0.3) is 11.8 Å². The average Bonchev–Trinajstić information content (AvgIpc) is 3.25. The standard InChI is InChI=1S/C17H17BrN2O4/c18-15-8-7-14(24-15)17(22)20-12-5-3-11(4-6-12)16(21)19-10-13-2-1-9-23-13/h3-8,13H,1-2,9-10H2,(H,19,21)(H,20,22). The van der Waals surface area contributed by atoms with Crippen molar-refractivity contribution < 1.29 is 18.7 Å². The molecule has 0 radical (unpaired) electrons. The number of hydrogen-bond donors (Lipinski definition) is 2. The van der Waals surface area contributed by atoms with Crippen LogP contribution in [0.2, 0.25) is 0 Å². The third kappa shape index (κ3) is 4.24. The predicted molar refractivity (Wildman–Crippen MR) is 92.1 cm³/mol. The Morgan fingerprint density at radius 2 is 1.92 bits per heavy atom. The molecule has 2 amide bonds. The molecule has 6 nitrogen and oxygen atoms in total. The van der Waals surface area contributed by atoms with E-state index in [0.29, 0.717) is 22.5 Å². The number of furan rings is 1. The molecule has 2 N–H and O–H groups in total. The summed E-state index contributed by atoms with van der Waals surface area (Å²) in [6, 6.07) is 9.91.